The summed E-state index contributed by atoms with van der Waals surface area (Å²) in [5.41, 5.74) is 3.19. The average molecular weight is 280 g/mol. The summed E-state index contributed by atoms with van der Waals surface area (Å²) in [7, 11) is 0. The lowest BCUT2D eigenvalue weighted by Gasteiger charge is -2.24. The van der Waals surface area contributed by atoms with E-state index in [1.54, 1.807) is 6.92 Å². The highest BCUT2D eigenvalue weighted by molar-refractivity contribution is 5.93. The molecule has 21 heavy (non-hydrogen) atoms. The molecular weight excluding hydrogens is 260 g/mol. The maximum absolute atomic E-state index is 11.3. The predicted molar refractivity (Wildman–Crippen MR) is 83.1 cm³/mol. The summed E-state index contributed by atoms with van der Waals surface area (Å²) in [6.45, 7) is 3.63. The summed E-state index contributed by atoms with van der Waals surface area (Å²) in [5, 5.41) is 0. The third-order valence-electron chi connectivity index (χ3n) is 4.14. The molecule has 1 unspecified atom stereocenters. The number of Topliss-reactive ketones (excluding diaryl/α,β-unsaturated/α-hetero) is 1. The van der Waals surface area contributed by atoms with Gasteiger partial charge in [-0.3, -0.25) is 14.7 Å². The molecule has 1 aliphatic rings. The number of benzene rings is 1. The molecule has 1 atom stereocenters. The Morgan fingerprint density at radius 1 is 1.24 bits per heavy atom. The zero-order chi connectivity index (χ0) is 14.7. The molecule has 3 heteroatoms. The first-order chi connectivity index (χ1) is 10.2. The van der Waals surface area contributed by atoms with Crippen LogP contribution in [0.4, 0.5) is 0 Å². The Labute approximate surface area is 125 Å². The number of rotatable bonds is 4. The van der Waals surface area contributed by atoms with Crippen LogP contribution in [-0.2, 0) is 6.54 Å². The third-order valence-corrected chi connectivity index (χ3v) is 4.14. The van der Waals surface area contributed by atoms with E-state index in [0.29, 0.717) is 6.04 Å². The number of hydrogen-bond donors (Lipinski definition) is 0. The van der Waals surface area contributed by atoms with Gasteiger partial charge in [0.25, 0.3) is 0 Å². The van der Waals surface area contributed by atoms with Crippen LogP contribution in [0.3, 0.4) is 0 Å². The van der Waals surface area contributed by atoms with Gasteiger partial charge in [-0.2, -0.15) is 0 Å². The minimum Gasteiger partial charge on any atom is -0.295 e. The number of nitrogens with zero attached hydrogens (tertiary/aromatic N) is 2. The van der Waals surface area contributed by atoms with Crippen molar-refractivity contribution in [2.75, 3.05) is 6.54 Å². The van der Waals surface area contributed by atoms with E-state index < -0.39 is 0 Å². The molecule has 2 aromatic rings. The van der Waals surface area contributed by atoms with Gasteiger partial charge >= 0.3 is 0 Å². The van der Waals surface area contributed by atoms with Crippen LogP contribution in [0, 0.1) is 0 Å². The lowest BCUT2D eigenvalue weighted by Crippen LogP contribution is -2.23. The highest BCUT2D eigenvalue weighted by atomic mass is 16.1. The van der Waals surface area contributed by atoms with Crippen LogP contribution in [0.2, 0.25) is 0 Å². The second kappa shape index (κ2) is 6.19. The zero-order valence-corrected chi connectivity index (χ0v) is 12.3. The van der Waals surface area contributed by atoms with Gasteiger partial charge in [0.15, 0.2) is 5.78 Å². The van der Waals surface area contributed by atoms with E-state index in [4.69, 9.17) is 0 Å². The van der Waals surface area contributed by atoms with Crippen molar-refractivity contribution < 1.29 is 4.79 Å². The molecule has 1 aromatic heterocycles. The highest BCUT2D eigenvalue weighted by Gasteiger charge is 2.26. The lowest BCUT2D eigenvalue weighted by molar-refractivity contribution is 0.101. The zero-order valence-electron chi connectivity index (χ0n) is 12.3. The molecule has 0 bridgehead atoms. The van der Waals surface area contributed by atoms with Crippen molar-refractivity contribution in [2.24, 2.45) is 0 Å². The van der Waals surface area contributed by atoms with Gasteiger partial charge < -0.3 is 0 Å². The normalized spacial score (nSPS) is 18.8. The van der Waals surface area contributed by atoms with Gasteiger partial charge in [0.05, 0.1) is 11.7 Å². The molecule has 1 fully saturated rings. The van der Waals surface area contributed by atoms with Crippen molar-refractivity contribution >= 4 is 5.78 Å². The fraction of sp³-hybridized carbons (Fsp3) is 0.333. The minimum absolute atomic E-state index is 0.120. The van der Waals surface area contributed by atoms with Crippen LogP contribution in [0.15, 0.2) is 48.7 Å². The van der Waals surface area contributed by atoms with E-state index in [-0.39, 0.29) is 5.78 Å². The molecule has 1 aliphatic heterocycles. The van der Waals surface area contributed by atoms with Crippen LogP contribution in [0.25, 0.3) is 0 Å². The maximum Gasteiger partial charge on any atom is 0.159 e. The molecule has 0 radical (unpaired) electrons. The quantitative estimate of drug-likeness (QED) is 0.802. The van der Waals surface area contributed by atoms with Gasteiger partial charge in [-0.05, 0) is 44.0 Å². The van der Waals surface area contributed by atoms with Crippen LogP contribution in [0.5, 0.6) is 0 Å². The van der Waals surface area contributed by atoms with E-state index in [2.05, 4.69) is 34.1 Å². The highest BCUT2D eigenvalue weighted by Crippen LogP contribution is 2.31. The fourth-order valence-corrected chi connectivity index (χ4v) is 3.00. The largest absolute Gasteiger partial charge is 0.295 e. The van der Waals surface area contributed by atoms with Crippen LogP contribution < -0.4 is 0 Å². The number of pyridine rings is 1. The Morgan fingerprint density at radius 2 is 2.05 bits per heavy atom. The van der Waals surface area contributed by atoms with Crippen molar-refractivity contribution in [1.29, 1.82) is 0 Å². The molecule has 3 nitrogen and oxygen atoms in total. The molecule has 0 aliphatic carbocycles. The molecule has 108 valence electrons. The standard InChI is InChI=1S/C18H20N2O/c1-14(21)16-9-7-15(8-10-16)13-20-12-4-6-18(20)17-5-2-3-11-19-17/h2-3,5,7-11,18H,4,6,12-13H2,1H3. The van der Waals surface area contributed by atoms with Crippen molar-refractivity contribution in [2.45, 2.75) is 32.4 Å². The monoisotopic (exact) mass is 280 g/mol. The summed E-state index contributed by atoms with van der Waals surface area (Å²) in [5.74, 6) is 0.120. The van der Waals surface area contributed by atoms with Gasteiger partial charge in [0, 0.05) is 18.3 Å². The van der Waals surface area contributed by atoms with Crippen LogP contribution in [0.1, 0.15) is 47.4 Å². The average Bonchev–Trinajstić information content (AvgIpc) is 2.97. The third kappa shape index (κ3) is 3.19. The predicted octanol–water partition coefficient (Wildman–Crippen LogP) is 3.62. The van der Waals surface area contributed by atoms with Crippen molar-refractivity contribution in [1.82, 2.24) is 9.88 Å². The Morgan fingerprint density at radius 3 is 2.71 bits per heavy atom. The molecule has 2 heterocycles. The number of aromatic nitrogens is 1. The SMILES string of the molecule is CC(=O)c1ccc(CN2CCCC2c2ccccn2)cc1. The summed E-state index contributed by atoms with van der Waals surface area (Å²) in [4.78, 5) is 18.3. The van der Waals surface area contributed by atoms with Gasteiger partial charge in [0.2, 0.25) is 0 Å². The fourth-order valence-electron chi connectivity index (χ4n) is 3.00. The molecule has 1 saturated heterocycles. The Hall–Kier alpha value is -2.00. The number of carbonyl (C=O) groups is 1. The van der Waals surface area contributed by atoms with E-state index >= 15 is 0 Å². The Bertz CT molecular complexity index is 607. The molecule has 1 aromatic carbocycles. The van der Waals surface area contributed by atoms with E-state index in [1.807, 2.05) is 24.4 Å². The number of carbonyl (C=O) groups excluding carboxylic acids is 1. The first-order valence-electron chi connectivity index (χ1n) is 7.49. The smallest absolute Gasteiger partial charge is 0.159 e. The second-order valence-corrected chi connectivity index (χ2v) is 5.64. The lowest BCUT2D eigenvalue weighted by atomic mass is 10.1. The van der Waals surface area contributed by atoms with E-state index in [9.17, 15) is 4.79 Å². The first kappa shape index (κ1) is 14.0. The summed E-state index contributed by atoms with van der Waals surface area (Å²) >= 11 is 0. The first-order valence-corrected chi connectivity index (χ1v) is 7.49. The molecule has 0 spiro atoms. The molecule has 0 saturated carbocycles. The van der Waals surface area contributed by atoms with Crippen molar-refractivity contribution in [3.63, 3.8) is 0 Å². The van der Waals surface area contributed by atoms with E-state index in [0.717, 1.165) is 24.3 Å². The molecule has 3 rings (SSSR count). The second-order valence-electron chi connectivity index (χ2n) is 5.64. The minimum atomic E-state index is 0.120. The molecule has 0 N–H and O–H groups in total. The van der Waals surface area contributed by atoms with Gasteiger partial charge in [-0.15, -0.1) is 0 Å². The van der Waals surface area contributed by atoms with Crippen LogP contribution in [-0.4, -0.2) is 22.2 Å². The van der Waals surface area contributed by atoms with Crippen LogP contribution >= 0.6 is 0 Å². The number of likely N-dealkylation sites (tertiary alicyclic amines) is 1. The number of hydrogen-bond acceptors (Lipinski definition) is 3. The Balaban J connectivity index is 1.73. The maximum atomic E-state index is 11.3. The number of ketones is 1. The summed E-state index contributed by atoms with van der Waals surface area (Å²) < 4.78 is 0. The summed E-state index contributed by atoms with van der Waals surface area (Å²) in [6, 6.07) is 14.5. The molecular formula is C18H20N2O. The topological polar surface area (TPSA) is 33.2 Å². The van der Waals surface area contributed by atoms with Gasteiger partial charge in [-0.25, -0.2) is 0 Å². The molecule has 0 amide bonds. The van der Waals surface area contributed by atoms with Gasteiger partial charge in [0.1, 0.15) is 0 Å². The van der Waals surface area contributed by atoms with Gasteiger partial charge in [-0.1, -0.05) is 30.3 Å². The van der Waals surface area contributed by atoms with Crippen molar-refractivity contribution in [3.05, 3.63) is 65.5 Å². The Kier molecular flexibility index (Phi) is 4.11. The van der Waals surface area contributed by atoms with Crippen molar-refractivity contribution in [3.8, 4) is 0 Å². The van der Waals surface area contributed by atoms with E-state index in [1.165, 1.54) is 18.4 Å². The summed E-state index contributed by atoms with van der Waals surface area (Å²) in [6.07, 6.45) is 4.25.